The van der Waals surface area contributed by atoms with Crippen LogP contribution < -0.4 is 0 Å². The van der Waals surface area contributed by atoms with Crippen LogP contribution in [0.25, 0.3) is 0 Å². The molecule has 20 heavy (non-hydrogen) atoms. The van der Waals surface area contributed by atoms with Crippen LogP contribution in [0.4, 0.5) is 35.1 Å². The summed E-state index contributed by atoms with van der Waals surface area (Å²) < 4.78 is 90.0. The molecule has 0 aliphatic rings. The molecule has 0 amide bonds. The van der Waals surface area contributed by atoms with Gasteiger partial charge in [-0.2, -0.15) is 35.1 Å². The Balaban J connectivity index is 0. The maximum atomic E-state index is 11.5. The molecule has 2 N–H and O–H groups in total. The molecule has 0 saturated heterocycles. The summed E-state index contributed by atoms with van der Waals surface area (Å²) in [5, 5.41) is 15.2. The molecule has 0 heterocycles. The lowest BCUT2D eigenvalue weighted by atomic mass is 10.3. The fraction of sp³-hybridized carbons (Fsp3) is 0.500. The third-order valence-corrected chi connectivity index (χ3v) is 1.41. The third-order valence-electron chi connectivity index (χ3n) is 1.41. The molecule has 0 saturated carbocycles. The Kier molecular flexibility index (Phi) is 6.66. The van der Waals surface area contributed by atoms with Gasteiger partial charge in [-0.25, -0.2) is 9.59 Å². The number of carboxylic acid groups (broad SMARTS) is 2. The first kappa shape index (κ1) is 20.4. The lowest BCUT2D eigenvalue weighted by molar-refractivity contribution is -0.277. The summed E-state index contributed by atoms with van der Waals surface area (Å²) in [5.41, 5.74) is -1.11. The summed E-state index contributed by atoms with van der Waals surface area (Å²) in [7, 11) is 0. The first-order valence-electron chi connectivity index (χ1n) is 4.19. The van der Waals surface area contributed by atoms with Crippen molar-refractivity contribution in [3.8, 4) is 0 Å². The molecule has 0 aliphatic carbocycles. The fourth-order valence-electron chi connectivity index (χ4n) is 0.388. The van der Waals surface area contributed by atoms with Gasteiger partial charge < -0.3 is 10.2 Å². The Morgan fingerprint density at radius 1 is 0.900 bits per heavy atom. The quantitative estimate of drug-likeness (QED) is 0.606. The maximum Gasteiger partial charge on any atom is 0.465 e. The molecule has 0 aromatic heterocycles. The standard InChI is InChI=1S/C5H5F3O2.C3HF5O2/c1-3(2-4(9)10)5(6,7)8;4-2(5,1(9)10)3(6,7)8/h2H,1H3,(H,9,10);(H,9,10)/b3-2-;. The van der Waals surface area contributed by atoms with Crippen molar-refractivity contribution >= 4 is 11.9 Å². The molecule has 0 unspecified atom stereocenters. The van der Waals surface area contributed by atoms with Crippen molar-refractivity contribution in [3.63, 3.8) is 0 Å². The predicted molar refractivity (Wildman–Crippen MR) is 46.1 cm³/mol. The van der Waals surface area contributed by atoms with E-state index in [-0.39, 0.29) is 6.08 Å². The van der Waals surface area contributed by atoms with Crippen LogP contribution in [0.15, 0.2) is 11.6 Å². The summed E-state index contributed by atoms with van der Waals surface area (Å²) >= 11 is 0. The molecule has 4 nitrogen and oxygen atoms in total. The average Bonchev–Trinajstić information content (AvgIpc) is 2.13. The number of aliphatic carboxylic acids is 2. The van der Waals surface area contributed by atoms with Crippen LogP contribution in [0.2, 0.25) is 0 Å². The van der Waals surface area contributed by atoms with E-state index in [4.69, 9.17) is 10.2 Å². The van der Waals surface area contributed by atoms with Crippen LogP contribution in [0.3, 0.4) is 0 Å². The van der Waals surface area contributed by atoms with Gasteiger partial charge in [0.25, 0.3) is 0 Å². The lowest BCUT2D eigenvalue weighted by Gasteiger charge is -2.13. The minimum absolute atomic E-state index is 0.125. The van der Waals surface area contributed by atoms with Crippen LogP contribution in [-0.4, -0.2) is 40.4 Å². The Hall–Kier alpha value is -1.88. The van der Waals surface area contributed by atoms with E-state index >= 15 is 0 Å². The van der Waals surface area contributed by atoms with Gasteiger partial charge >= 0.3 is 30.2 Å². The van der Waals surface area contributed by atoms with Crippen LogP contribution in [0.1, 0.15) is 6.92 Å². The highest BCUT2D eigenvalue weighted by atomic mass is 19.4. The van der Waals surface area contributed by atoms with Crippen molar-refractivity contribution in [2.24, 2.45) is 0 Å². The summed E-state index contributed by atoms with van der Waals surface area (Å²) in [6, 6.07) is 0. The summed E-state index contributed by atoms with van der Waals surface area (Å²) in [6.07, 6.45) is -10.4. The number of hydrogen-bond donors (Lipinski definition) is 2. The monoisotopic (exact) mass is 318 g/mol. The fourth-order valence-corrected chi connectivity index (χ4v) is 0.388. The molecule has 0 fully saturated rings. The molecule has 0 bridgehead atoms. The van der Waals surface area contributed by atoms with Crippen LogP contribution in [-0.2, 0) is 9.59 Å². The van der Waals surface area contributed by atoms with Gasteiger partial charge in [-0.1, -0.05) is 0 Å². The highest BCUT2D eigenvalue weighted by Crippen LogP contribution is 2.35. The number of allylic oxidation sites excluding steroid dienone is 1. The van der Waals surface area contributed by atoms with Gasteiger partial charge in [0.2, 0.25) is 0 Å². The molecule has 0 aromatic carbocycles. The van der Waals surface area contributed by atoms with E-state index in [9.17, 15) is 44.7 Å². The second-order valence-corrected chi connectivity index (χ2v) is 3.04. The Bertz CT molecular complexity index is 392. The zero-order valence-corrected chi connectivity index (χ0v) is 9.31. The summed E-state index contributed by atoms with van der Waals surface area (Å²) in [5.74, 6) is -10.4. The van der Waals surface area contributed by atoms with E-state index in [0.717, 1.165) is 0 Å². The molecule has 12 heteroatoms. The number of carbonyl (C=O) groups is 2. The van der Waals surface area contributed by atoms with E-state index in [2.05, 4.69) is 0 Å². The first-order valence-corrected chi connectivity index (χ1v) is 4.19. The van der Waals surface area contributed by atoms with Gasteiger partial charge in [0.1, 0.15) is 0 Å². The number of halogens is 8. The lowest BCUT2D eigenvalue weighted by Crippen LogP contribution is -2.43. The maximum absolute atomic E-state index is 11.5. The van der Waals surface area contributed by atoms with Crippen molar-refractivity contribution < 1.29 is 54.9 Å². The average molecular weight is 318 g/mol. The predicted octanol–water partition coefficient (Wildman–Crippen LogP) is 2.85. The van der Waals surface area contributed by atoms with Crippen molar-refractivity contribution in [3.05, 3.63) is 11.6 Å². The smallest absolute Gasteiger partial charge is 0.465 e. The highest BCUT2D eigenvalue weighted by molar-refractivity contribution is 5.80. The van der Waals surface area contributed by atoms with Gasteiger partial charge in [-0.15, -0.1) is 0 Å². The van der Waals surface area contributed by atoms with Gasteiger partial charge in [0, 0.05) is 11.6 Å². The Morgan fingerprint density at radius 3 is 1.30 bits per heavy atom. The Morgan fingerprint density at radius 2 is 1.25 bits per heavy atom. The van der Waals surface area contributed by atoms with Crippen molar-refractivity contribution in [2.45, 2.75) is 25.2 Å². The molecule has 0 rings (SSSR count). The number of rotatable bonds is 2. The minimum atomic E-state index is -6.02. The van der Waals surface area contributed by atoms with Crippen LogP contribution in [0.5, 0.6) is 0 Å². The molecule has 0 spiro atoms. The van der Waals surface area contributed by atoms with Crippen molar-refractivity contribution in [1.82, 2.24) is 0 Å². The van der Waals surface area contributed by atoms with Crippen molar-refractivity contribution in [1.29, 1.82) is 0 Å². The van der Waals surface area contributed by atoms with Gasteiger partial charge in [-0.05, 0) is 6.92 Å². The molecular weight excluding hydrogens is 312 g/mol. The largest absolute Gasteiger partial charge is 0.478 e. The van der Waals surface area contributed by atoms with Gasteiger partial charge in [0.15, 0.2) is 0 Å². The molecule has 118 valence electrons. The van der Waals surface area contributed by atoms with Gasteiger partial charge in [-0.3, -0.25) is 0 Å². The molecule has 0 aliphatic heterocycles. The number of alkyl halides is 8. The Labute approximate surface area is 105 Å². The molecule has 0 radical (unpaired) electrons. The van der Waals surface area contributed by atoms with E-state index in [1.165, 1.54) is 0 Å². The third kappa shape index (κ3) is 6.89. The highest BCUT2D eigenvalue weighted by Gasteiger charge is 2.64. The normalized spacial score (nSPS) is 13.3. The van der Waals surface area contributed by atoms with E-state index in [1.807, 2.05) is 0 Å². The minimum Gasteiger partial charge on any atom is -0.478 e. The van der Waals surface area contributed by atoms with Gasteiger partial charge in [0.05, 0.1) is 0 Å². The summed E-state index contributed by atoms with van der Waals surface area (Å²) in [4.78, 5) is 18.9. The van der Waals surface area contributed by atoms with E-state index in [1.54, 1.807) is 0 Å². The molecule has 0 atom stereocenters. The van der Waals surface area contributed by atoms with Crippen molar-refractivity contribution in [2.75, 3.05) is 0 Å². The molecule has 0 aromatic rings. The van der Waals surface area contributed by atoms with E-state index in [0.29, 0.717) is 6.92 Å². The summed E-state index contributed by atoms with van der Waals surface area (Å²) in [6.45, 7) is 0.702. The number of carboxylic acids is 2. The molecular formula is C8H6F8O4. The van der Waals surface area contributed by atoms with Crippen LogP contribution in [0, 0.1) is 0 Å². The zero-order chi connectivity index (χ0) is 16.9. The SMILES string of the molecule is C/C(=C/C(=O)O)C(F)(F)F.O=C(O)C(F)(F)C(F)(F)F. The van der Waals surface area contributed by atoms with Crippen LogP contribution >= 0.6 is 0 Å². The van der Waals surface area contributed by atoms with E-state index < -0.39 is 35.8 Å². The topological polar surface area (TPSA) is 74.6 Å². The first-order chi connectivity index (χ1) is 8.53. The second-order valence-electron chi connectivity index (χ2n) is 3.04. The zero-order valence-electron chi connectivity index (χ0n) is 9.31. The second kappa shape index (κ2) is 6.52. The number of hydrogen-bond acceptors (Lipinski definition) is 2.